The zero-order valence-electron chi connectivity index (χ0n) is 31.5. The number of nitrogens with zero attached hydrogens (tertiary/aromatic N) is 3. The number of aryl methyl sites for hydroxylation is 1. The van der Waals surface area contributed by atoms with E-state index in [4.69, 9.17) is 15.5 Å². The van der Waals surface area contributed by atoms with Crippen LogP contribution in [0.15, 0.2) is 59.1 Å². The highest BCUT2D eigenvalue weighted by molar-refractivity contribution is 5.93. The van der Waals surface area contributed by atoms with Gasteiger partial charge in [0.05, 0.1) is 35.5 Å². The first-order valence-electron chi connectivity index (χ1n) is 18.6. The molecule has 6 N–H and O–H groups in total. The maximum Gasteiger partial charge on any atom is 0.342 e. The summed E-state index contributed by atoms with van der Waals surface area (Å²) in [5, 5.41) is 21.0. The highest BCUT2D eigenvalue weighted by Gasteiger charge is 2.43. The molecule has 2 amide bonds. The van der Waals surface area contributed by atoms with Crippen LogP contribution in [-0.2, 0) is 38.5 Å². The van der Waals surface area contributed by atoms with E-state index in [0.717, 1.165) is 33.2 Å². The number of fused-ring (bicyclic) bond motifs is 2. The van der Waals surface area contributed by atoms with Crippen LogP contribution < -0.4 is 21.7 Å². The molecule has 286 valence electrons. The van der Waals surface area contributed by atoms with E-state index in [0.29, 0.717) is 73.4 Å². The molecule has 12 nitrogen and oxygen atoms in total. The number of carbonyl (C=O) groups is 3. The first-order chi connectivity index (χ1) is 25.9. The Hall–Kier alpha value is -5.14. The lowest BCUT2D eigenvalue weighted by molar-refractivity contribution is -0.163. The van der Waals surface area contributed by atoms with Crippen LogP contribution in [0, 0.1) is 12.7 Å². The number of hydrogen-bond acceptors (Lipinski definition) is 9. The van der Waals surface area contributed by atoms with Crippen molar-refractivity contribution >= 4 is 40.2 Å². The molecule has 0 bridgehead atoms. The SMILES string of the molecule is C=C1c2nc3cc(F)c(C)c4c3c(c2CN1CC1=C(C)[C@@](O)(CC)C(=O)OC1)[C@@H](NC(=O)CCCN=C(N)CNC(=O)[C@H](Cc1ccccc1)NC)CC4. The number of amides is 2. The van der Waals surface area contributed by atoms with Crippen molar-refractivity contribution in [2.45, 2.75) is 83.5 Å². The minimum absolute atomic E-state index is 0.0679. The number of hydrogen-bond donors (Lipinski definition) is 5. The molecule has 2 aliphatic heterocycles. The Balaban J connectivity index is 1.12. The van der Waals surface area contributed by atoms with E-state index in [-0.39, 0.29) is 55.5 Å². The topological polar surface area (TPSA) is 171 Å². The summed E-state index contributed by atoms with van der Waals surface area (Å²) in [7, 11) is 1.74. The van der Waals surface area contributed by atoms with Crippen LogP contribution in [0.3, 0.4) is 0 Å². The van der Waals surface area contributed by atoms with Crippen molar-refractivity contribution in [3.05, 3.63) is 93.5 Å². The monoisotopic (exact) mass is 739 g/mol. The van der Waals surface area contributed by atoms with Crippen molar-refractivity contribution in [3.8, 4) is 0 Å². The zero-order chi connectivity index (χ0) is 38.7. The maximum atomic E-state index is 15.2. The van der Waals surface area contributed by atoms with E-state index in [1.165, 1.54) is 6.07 Å². The molecule has 54 heavy (non-hydrogen) atoms. The molecule has 0 saturated carbocycles. The van der Waals surface area contributed by atoms with Gasteiger partial charge >= 0.3 is 5.97 Å². The summed E-state index contributed by atoms with van der Waals surface area (Å²) < 4.78 is 20.5. The Labute approximate surface area is 315 Å². The molecule has 3 atom stereocenters. The number of esters is 1. The molecule has 3 aromatic rings. The summed E-state index contributed by atoms with van der Waals surface area (Å²) in [6.45, 7) is 10.9. The third-order valence-corrected chi connectivity index (χ3v) is 11.1. The minimum Gasteiger partial charge on any atom is -0.459 e. The number of aliphatic hydroxyl groups is 1. The number of aliphatic imine (C=N–C) groups is 1. The van der Waals surface area contributed by atoms with Crippen molar-refractivity contribution < 1.29 is 28.6 Å². The molecule has 2 aromatic carbocycles. The van der Waals surface area contributed by atoms with Crippen LogP contribution in [0.1, 0.15) is 79.1 Å². The summed E-state index contributed by atoms with van der Waals surface area (Å²) >= 11 is 0. The maximum absolute atomic E-state index is 15.2. The predicted octanol–water partition coefficient (Wildman–Crippen LogP) is 3.67. The molecule has 1 aliphatic carbocycles. The number of pyridine rings is 1. The second-order valence-electron chi connectivity index (χ2n) is 14.4. The smallest absolute Gasteiger partial charge is 0.342 e. The molecule has 1 aromatic heterocycles. The standard InChI is InChI=1S/C41H50FN7O5/c1-6-41(53)24(3)27(22-54-40(41)52)20-49-21-29-37-31(15-14-28-23(2)30(42)18-32(36(28)37)48-38(29)25(49)4)47-35(50)13-10-16-45-34(43)19-46-39(51)33(44-5)17-26-11-8-7-9-12-26/h7-9,11-12,18,31,33,44,53H,4,6,10,13-17,19-22H2,1-3,5H3,(H2,43,45)(H,46,51)(H,47,50)/t31-,33-,41-/m0/s1. The Morgan fingerprint density at radius 3 is 2.72 bits per heavy atom. The number of rotatable bonds is 14. The van der Waals surface area contributed by atoms with Gasteiger partial charge in [0.1, 0.15) is 18.3 Å². The van der Waals surface area contributed by atoms with Crippen LogP contribution in [0.2, 0.25) is 0 Å². The van der Waals surface area contributed by atoms with E-state index in [9.17, 15) is 19.5 Å². The van der Waals surface area contributed by atoms with Crippen LogP contribution in [0.25, 0.3) is 16.6 Å². The minimum atomic E-state index is -1.68. The van der Waals surface area contributed by atoms with Gasteiger partial charge in [0, 0.05) is 43.1 Å². The average Bonchev–Trinajstić information content (AvgIpc) is 3.48. The molecule has 6 rings (SSSR count). The summed E-state index contributed by atoms with van der Waals surface area (Å²) in [5.41, 5.74) is 11.9. The van der Waals surface area contributed by atoms with Crippen LogP contribution in [0.4, 0.5) is 4.39 Å². The fourth-order valence-electron chi connectivity index (χ4n) is 7.79. The van der Waals surface area contributed by atoms with Crippen molar-refractivity contribution in [3.63, 3.8) is 0 Å². The first-order valence-corrected chi connectivity index (χ1v) is 18.6. The second kappa shape index (κ2) is 16.1. The average molecular weight is 740 g/mol. The summed E-state index contributed by atoms with van der Waals surface area (Å²) in [4.78, 5) is 49.9. The molecular formula is C41H50FN7O5. The van der Waals surface area contributed by atoms with Gasteiger partial charge in [0.25, 0.3) is 0 Å². The van der Waals surface area contributed by atoms with Gasteiger partial charge in [-0.15, -0.1) is 0 Å². The number of cyclic esters (lactones) is 1. The molecular weight excluding hydrogens is 689 g/mol. The van der Waals surface area contributed by atoms with E-state index in [2.05, 4.69) is 27.5 Å². The quantitative estimate of drug-likeness (QED) is 0.0544. The Morgan fingerprint density at radius 1 is 1.24 bits per heavy atom. The lowest BCUT2D eigenvalue weighted by Crippen LogP contribution is -2.46. The lowest BCUT2D eigenvalue weighted by Gasteiger charge is -2.34. The molecule has 0 unspecified atom stereocenters. The van der Waals surface area contributed by atoms with Gasteiger partial charge in [-0.1, -0.05) is 43.8 Å². The summed E-state index contributed by atoms with van der Waals surface area (Å²) in [6, 6.07) is 10.5. The fourth-order valence-corrected chi connectivity index (χ4v) is 7.79. The van der Waals surface area contributed by atoms with Gasteiger partial charge in [-0.05, 0) is 86.4 Å². The number of nitrogens with two attached hydrogens (primary N) is 1. The van der Waals surface area contributed by atoms with E-state index in [1.54, 1.807) is 27.8 Å². The Morgan fingerprint density at radius 2 is 2.00 bits per heavy atom. The number of carbonyl (C=O) groups excluding carboxylic acids is 3. The van der Waals surface area contributed by atoms with Crippen LogP contribution in [-0.4, -0.2) is 83.5 Å². The molecule has 0 fully saturated rings. The number of aromatic nitrogens is 1. The predicted molar refractivity (Wildman–Crippen MR) is 206 cm³/mol. The normalized spacial score (nSPS) is 20.2. The zero-order valence-corrected chi connectivity index (χ0v) is 31.5. The fraction of sp³-hybridized carbons (Fsp3) is 0.439. The van der Waals surface area contributed by atoms with E-state index >= 15 is 4.39 Å². The number of amidine groups is 1. The highest BCUT2D eigenvalue weighted by atomic mass is 19.1. The van der Waals surface area contributed by atoms with Crippen molar-refractivity contribution in [1.29, 1.82) is 0 Å². The van der Waals surface area contributed by atoms with Crippen LogP contribution >= 0.6 is 0 Å². The van der Waals surface area contributed by atoms with E-state index in [1.807, 2.05) is 35.2 Å². The molecule has 3 heterocycles. The van der Waals surface area contributed by atoms with Crippen molar-refractivity contribution in [2.24, 2.45) is 10.7 Å². The highest BCUT2D eigenvalue weighted by Crippen LogP contribution is 2.45. The van der Waals surface area contributed by atoms with Crippen molar-refractivity contribution in [1.82, 2.24) is 25.8 Å². The number of ether oxygens (including phenoxy) is 1. The lowest BCUT2D eigenvalue weighted by atomic mass is 9.82. The second-order valence-corrected chi connectivity index (χ2v) is 14.4. The third-order valence-electron chi connectivity index (χ3n) is 11.1. The molecule has 0 saturated heterocycles. The summed E-state index contributed by atoms with van der Waals surface area (Å²) in [6.07, 6.45) is 2.59. The Kier molecular flexibility index (Phi) is 11.5. The van der Waals surface area contributed by atoms with Gasteiger partial charge < -0.3 is 36.4 Å². The van der Waals surface area contributed by atoms with Gasteiger partial charge in [0.15, 0.2) is 5.60 Å². The van der Waals surface area contributed by atoms with Gasteiger partial charge in [-0.25, -0.2) is 14.2 Å². The van der Waals surface area contributed by atoms with Crippen molar-refractivity contribution in [2.75, 3.05) is 33.3 Å². The largest absolute Gasteiger partial charge is 0.459 e. The molecule has 13 heteroatoms. The van der Waals surface area contributed by atoms with Gasteiger partial charge in [0.2, 0.25) is 11.8 Å². The number of benzene rings is 2. The van der Waals surface area contributed by atoms with Gasteiger partial charge in [-0.3, -0.25) is 14.6 Å². The first kappa shape index (κ1) is 38.6. The summed E-state index contributed by atoms with van der Waals surface area (Å²) in [5.74, 6) is -1.01. The molecule has 0 spiro atoms. The van der Waals surface area contributed by atoms with Crippen LogP contribution in [0.5, 0.6) is 0 Å². The number of nitrogens with one attached hydrogen (secondary N) is 3. The number of likely N-dealkylation sites (N-methyl/N-ethyl adjacent to an activating group) is 1. The third kappa shape index (κ3) is 7.60. The molecule has 0 radical (unpaired) electrons. The van der Waals surface area contributed by atoms with Gasteiger partial charge in [-0.2, -0.15) is 0 Å². The van der Waals surface area contributed by atoms with E-state index < -0.39 is 17.6 Å². The number of halogens is 1. The Bertz CT molecular complexity index is 2050. The molecule has 3 aliphatic rings.